The molecule has 178 valence electrons. The minimum atomic E-state index is -4.55. The van der Waals surface area contributed by atoms with Crippen LogP contribution in [0.15, 0.2) is 79.0 Å². The number of thiazole rings is 1. The fourth-order valence-corrected chi connectivity index (χ4v) is 3.87. The minimum absolute atomic E-state index is 0.130. The summed E-state index contributed by atoms with van der Waals surface area (Å²) < 4.78 is 38.8. The molecule has 3 N–H and O–H groups in total. The number of carbonyl (C=O) groups excluding carboxylic acids is 2. The lowest BCUT2D eigenvalue weighted by molar-refractivity contribution is -0.137. The lowest BCUT2D eigenvalue weighted by atomic mass is 10.1. The molecule has 0 radical (unpaired) electrons. The predicted molar refractivity (Wildman–Crippen MR) is 130 cm³/mol. The van der Waals surface area contributed by atoms with Crippen LogP contribution < -0.4 is 16.0 Å². The van der Waals surface area contributed by atoms with Crippen molar-refractivity contribution in [3.05, 3.63) is 101 Å². The summed E-state index contributed by atoms with van der Waals surface area (Å²) in [6, 6.07) is 18.4. The number of rotatable bonds is 6. The van der Waals surface area contributed by atoms with E-state index in [1.165, 1.54) is 29.7 Å². The summed E-state index contributed by atoms with van der Waals surface area (Å²) in [4.78, 5) is 29.9. The molecular weight excluding hydrogens is 477 g/mol. The van der Waals surface area contributed by atoms with Crippen molar-refractivity contribution >= 4 is 45.3 Å². The van der Waals surface area contributed by atoms with Crippen molar-refractivity contribution in [1.29, 1.82) is 0 Å². The maximum Gasteiger partial charge on any atom is 0.416 e. The van der Waals surface area contributed by atoms with E-state index >= 15 is 0 Å². The average Bonchev–Trinajstić information content (AvgIpc) is 3.30. The Morgan fingerprint density at radius 3 is 2.37 bits per heavy atom. The van der Waals surface area contributed by atoms with Gasteiger partial charge in [-0.15, -0.1) is 0 Å². The molecule has 0 bridgehead atoms. The van der Waals surface area contributed by atoms with Gasteiger partial charge >= 0.3 is 6.18 Å². The lowest BCUT2D eigenvalue weighted by Crippen LogP contribution is -2.15. The molecule has 0 unspecified atom stereocenters. The molecule has 1 aromatic heterocycles. The Balaban J connectivity index is 1.45. The molecule has 0 aliphatic rings. The first-order chi connectivity index (χ1) is 16.7. The highest BCUT2D eigenvalue weighted by Gasteiger charge is 2.30. The largest absolute Gasteiger partial charge is 0.416 e. The number of aryl methyl sites for hydroxylation is 1. The summed E-state index contributed by atoms with van der Waals surface area (Å²) in [6.07, 6.45) is -3.09. The predicted octanol–water partition coefficient (Wildman–Crippen LogP) is 6.72. The van der Waals surface area contributed by atoms with Crippen molar-refractivity contribution in [2.75, 3.05) is 16.0 Å². The Kier molecular flexibility index (Phi) is 6.83. The first-order valence-electron chi connectivity index (χ1n) is 10.4. The highest BCUT2D eigenvalue weighted by Crippen LogP contribution is 2.30. The second-order valence-electron chi connectivity index (χ2n) is 7.54. The van der Waals surface area contributed by atoms with Gasteiger partial charge in [-0.25, -0.2) is 4.98 Å². The number of alkyl halides is 3. The van der Waals surface area contributed by atoms with E-state index < -0.39 is 17.6 Å². The van der Waals surface area contributed by atoms with Crippen molar-refractivity contribution < 1.29 is 22.8 Å². The van der Waals surface area contributed by atoms with Gasteiger partial charge in [-0.3, -0.25) is 9.59 Å². The van der Waals surface area contributed by atoms with Crippen LogP contribution in [0.5, 0.6) is 0 Å². The second kappa shape index (κ2) is 9.98. The summed E-state index contributed by atoms with van der Waals surface area (Å²) in [6.45, 7) is 1.78. The summed E-state index contributed by atoms with van der Waals surface area (Å²) in [5.74, 6) is -1.08. The van der Waals surface area contributed by atoms with Gasteiger partial charge in [0, 0.05) is 22.6 Å². The Morgan fingerprint density at radius 2 is 1.63 bits per heavy atom. The molecule has 0 atom stereocenters. The second-order valence-corrected chi connectivity index (χ2v) is 8.57. The molecule has 0 saturated heterocycles. The van der Waals surface area contributed by atoms with Crippen LogP contribution in [0.3, 0.4) is 0 Å². The van der Waals surface area contributed by atoms with Crippen LogP contribution in [0, 0.1) is 6.92 Å². The van der Waals surface area contributed by atoms with E-state index in [9.17, 15) is 22.8 Å². The number of amides is 2. The van der Waals surface area contributed by atoms with Crippen LogP contribution in [-0.4, -0.2) is 16.8 Å². The number of nitrogens with one attached hydrogen (secondary N) is 3. The number of carbonyl (C=O) groups is 2. The van der Waals surface area contributed by atoms with Gasteiger partial charge in [-0.2, -0.15) is 13.2 Å². The average molecular weight is 497 g/mol. The number of benzene rings is 3. The molecule has 0 aliphatic heterocycles. The van der Waals surface area contributed by atoms with Crippen molar-refractivity contribution in [2.45, 2.75) is 13.1 Å². The minimum Gasteiger partial charge on any atom is -0.332 e. The number of nitrogens with zero attached hydrogens (tertiary/aromatic N) is 1. The number of anilines is 4. The third-order valence-electron chi connectivity index (χ3n) is 4.95. The fraction of sp³-hybridized carbons (Fsp3) is 0.0800. The smallest absolute Gasteiger partial charge is 0.332 e. The molecule has 3 aromatic carbocycles. The monoisotopic (exact) mass is 496 g/mol. The Morgan fingerprint density at radius 1 is 0.857 bits per heavy atom. The lowest BCUT2D eigenvalue weighted by Gasteiger charge is -2.12. The normalized spacial score (nSPS) is 11.1. The van der Waals surface area contributed by atoms with E-state index in [-0.39, 0.29) is 11.5 Å². The van der Waals surface area contributed by atoms with Crippen LogP contribution in [0.1, 0.15) is 31.2 Å². The SMILES string of the molecule is Cc1ccc(NC(=O)c2cccc(C(F)(F)F)c2)cc1NC(=O)c1cnc(Nc2ccccc2)s1. The van der Waals surface area contributed by atoms with Crippen molar-refractivity contribution in [3.8, 4) is 0 Å². The van der Waals surface area contributed by atoms with Gasteiger partial charge in [0.1, 0.15) is 4.88 Å². The van der Waals surface area contributed by atoms with Gasteiger partial charge in [0.05, 0.1) is 11.8 Å². The van der Waals surface area contributed by atoms with Crippen LogP contribution >= 0.6 is 11.3 Å². The van der Waals surface area contributed by atoms with Gasteiger partial charge in [-0.05, 0) is 55.0 Å². The Hall–Kier alpha value is -4.18. The molecule has 4 rings (SSSR count). The highest BCUT2D eigenvalue weighted by atomic mass is 32.1. The van der Waals surface area contributed by atoms with E-state index in [0.29, 0.717) is 21.4 Å². The van der Waals surface area contributed by atoms with Gasteiger partial charge < -0.3 is 16.0 Å². The van der Waals surface area contributed by atoms with E-state index in [1.54, 1.807) is 25.1 Å². The van der Waals surface area contributed by atoms with Crippen LogP contribution in [-0.2, 0) is 6.18 Å². The molecule has 0 saturated carbocycles. The zero-order chi connectivity index (χ0) is 25.0. The maximum absolute atomic E-state index is 12.9. The van der Waals surface area contributed by atoms with E-state index in [2.05, 4.69) is 20.9 Å². The summed E-state index contributed by atoms with van der Waals surface area (Å²) in [7, 11) is 0. The summed E-state index contributed by atoms with van der Waals surface area (Å²) in [5.41, 5.74) is 1.31. The van der Waals surface area contributed by atoms with E-state index in [4.69, 9.17) is 0 Å². The van der Waals surface area contributed by atoms with Crippen molar-refractivity contribution in [1.82, 2.24) is 4.98 Å². The van der Waals surface area contributed by atoms with Gasteiger partial charge in [0.25, 0.3) is 11.8 Å². The molecule has 0 aliphatic carbocycles. The van der Waals surface area contributed by atoms with Gasteiger partial charge in [0.2, 0.25) is 0 Å². The van der Waals surface area contributed by atoms with E-state index in [0.717, 1.165) is 23.4 Å². The Labute approximate surface area is 202 Å². The number of aromatic nitrogens is 1. The molecule has 2 amide bonds. The highest BCUT2D eigenvalue weighted by molar-refractivity contribution is 7.17. The van der Waals surface area contributed by atoms with Crippen molar-refractivity contribution in [3.63, 3.8) is 0 Å². The Bertz CT molecular complexity index is 1370. The quantitative estimate of drug-likeness (QED) is 0.277. The molecule has 4 aromatic rings. The third kappa shape index (κ3) is 6.04. The van der Waals surface area contributed by atoms with Crippen molar-refractivity contribution in [2.24, 2.45) is 0 Å². The topological polar surface area (TPSA) is 83.1 Å². The van der Waals surface area contributed by atoms with Gasteiger partial charge in [-0.1, -0.05) is 41.7 Å². The third-order valence-corrected chi connectivity index (χ3v) is 5.86. The zero-order valence-electron chi connectivity index (χ0n) is 18.3. The van der Waals surface area contributed by atoms with Crippen LogP contribution in [0.25, 0.3) is 0 Å². The number of hydrogen-bond donors (Lipinski definition) is 3. The number of para-hydroxylation sites is 1. The standard InChI is InChI=1S/C25H19F3N4O2S/c1-15-10-11-19(30-22(33)16-6-5-7-17(12-16)25(26,27)28)13-20(15)32-23(34)21-14-29-24(35-21)31-18-8-3-2-4-9-18/h2-14H,1H3,(H,29,31)(H,30,33)(H,32,34). The summed E-state index contributed by atoms with van der Waals surface area (Å²) >= 11 is 1.18. The molecule has 35 heavy (non-hydrogen) atoms. The molecule has 1 heterocycles. The van der Waals surface area contributed by atoms with Gasteiger partial charge in [0.15, 0.2) is 5.13 Å². The first-order valence-corrected chi connectivity index (χ1v) is 11.2. The molecule has 0 spiro atoms. The fourth-order valence-electron chi connectivity index (χ4n) is 3.14. The molecule has 6 nitrogen and oxygen atoms in total. The zero-order valence-corrected chi connectivity index (χ0v) is 19.1. The van der Waals surface area contributed by atoms with E-state index in [1.807, 2.05) is 30.3 Å². The first kappa shape index (κ1) is 24.0. The number of hydrogen-bond acceptors (Lipinski definition) is 5. The van der Waals surface area contributed by atoms with Crippen LogP contribution in [0.4, 0.5) is 35.4 Å². The molecule has 10 heteroatoms. The molecular formula is C25H19F3N4O2S. The maximum atomic E-state index is 12.9. The van der Waals surface area contributed by atoms with Crippen LogP contribution in [0.2, 0.25) is 0 Å². The summed E-state index contributed by atoms with van der Waals surface area (Å²) in [5, 5.41) is 9.04. The molecule has 0 fully saturated rings. The number of halogens is 3.